The van der Waals surface area contributed by atoms with Gasteiger partial charge in [0, 0.05) is 16.2 Å². The second-order valence-corrected chi connectivity index (χ2v) is 4.72. The normalized spacial score (nSPS) is 9.94. The minimum atomic E-state index is -0.248. The maximum absolute atomic E-state index is 11.4. The molecule has 1 rings (SSSR count). The number of esters is 1. The molecule has 1 aromatic rings. The van der Waals surface area contributed by atoms with Crippen molar-refractivity contribution < 1.29 is 14.3 Å². The van der Waals surface area contributed by atoms with Crippen molar-refractivity contribution in [1.82, 2.24) is 0 Å². The molecule has 0 amide bonds. The van der Waals surface area contributed by atoms with E-state index in [9.17, 15) is 4.79 Å². The first-order valence-electron chi connectivity index (χ1n) is 5.89. The monoisotopic (exact) mass is 315 g/mol. The standard InChI is InChI=1S/C13H18BrNO3/c1-3-4-5-18-13(16)9-15-11-6-10(14)7-12(8-11)17-2/h6-8,15H,3-5,9H2,1-2H3. The van der Waals surface area contributed by atoms with Crippen molar-refractivity contribution in [2.24, 2.45) is 0 Å². The summed E-state index contributed by atoms with van der Waals surface area (Å²) in [6.45, 7) is 2.70. The zero-order valence-corrected chi connectivity index (χ0v) is 12.2. The minimum Gasteiger partial charge on any atom is -0.497 e. The van der Waals surface area contributed by atoms with E-state index in [1.165, 1.54) is 0 Å². The summed E-state index contributed by atoms with van der Waals surface area (Å²) in [5.41, 5.74) is 0.814. The van der Waals surface area contributed by atoms with Gasteiger partial charge >= 0.3 is 5.97 Å². The number of nitrogens with one attached hydrogen (secondary N) is 1. The molecule has 5 heteroatoms. The van der Waals surface area contributed by atoms with E-state index in [-0.39, 0.29) is 12.5 Å². The van der Waals surface area contributed by atoms with Crippen LogP contribution in [0.4, 0.5) is 5.69 Å². The summed E-state index contributed by atoms with van der Waals surface area (Å²) in [5, 5.41) is 3.00. The Kier molecular flexibility index (Phi) is 6.57. The van der Waals surface area contributed by atoms with Gasteiger partial charge in [0.2, 0.25) is 0 Å². The first kappa shape index (κ1) is 14.8. The molecule has 1 aromatic carbocycles. The van der Waals surface area contributed by atoms with Gasteiger partial charge in [0.1, 0.15) is 12.3 Å². The predicted octanol–water partition coefficient (Wildman–Crippen LogP) is 3.21. The quantitative estimate of drug-likeness (QED) is 0.620. The molecule has 0 saturated carbocycles. The Balaban J connectivity index is 2.43. The molecule has 18 heavy (non-hydrogen) atoms. The number of carbonyl (C=O) groups is 1. The Morgan fingerprint density at radius 3 is 2.83 bits per heavy atom. The lowest BCUT2D eigenvalue weighted by atomic mass is 10.3. The van der Waals surface area contributed by atoms with Gasteiger partial charge in [-0.1, -0.05) is 29.3 Å². The average Bonchev–Trinajstić information content (AvgIpc) is 2.36. The lowest BCUT2D eigenvalue weighted by Crippen LogP contribution is -2.17. The van der Waals surface area contributed by atoms with Crippen LogP contribution in [0.1, 0.15) is 19.8 Å². The number of hydrogen-bond donors (Lipinski definition) is 1. The highest BCUT2D eigenvalue weighted by atomic mass is 79.9. The summed E-state index contributed by atoms with van der Waals surface area (Å²) in [7, 11) is 1.60. The summed E-state index contributed by atoms with van der Waals surface area (Å²) in [6, 6.07) is 5.55. The fourth-order valence-electron chi connectivity index (χ4n) is 1.34. The number of halogens is 1. The highest BCUT2D eigenvalue weighted by molar-refractivity contribution is 9.10. The number of hydrogen-bond acceptors (Lipinski definition) is 4. The second-order valence-electron chi connectivity index (χ2n) is 3.81. The maximum atomic E-state index is 11.4. The molecule has 4 nitrogen and oxygen atoms in total. The van der Waals surface area contributed by atoms with Crippen LogP contribution in [0.3, 0.4) is 0 Å². The number of unbranched alkanes of at least 4 members (excludes halogenated alkanes) is 1. The second kappa shape index (κ2) is 7.97. The van der Waals surface area contributed by atoms with Gasteiger partial charge in [-0.05, 0) is 18.6 Å². The van der Waals surface area contributed by atoms with Crippen LogP contribution in [0.5, 0.6) is 5.75 Å². The van der Waals surface area contributed by atoms with E-state index >= 15 is 0 Å². The number of benzene rings is 1. The van der Waals surface area contributed by atoms with Crippen LogP contribution in [0.2, 0.25) is 0 Å². The lowest BCUT2D eigenvalue weighted by Gasteiger charge is -2.09. The smallest absolute Gasteiger partial charge is 0.325 e. The van der Waals surface area contributed by atoms with E-state index in [0.717, 1.165) is 28.8 Å². The molecule has 0 fully saturated rings. The van der Waals surface area contributed by atoms with Crippen molar-refractivity contribution in [1.29, 1.82) is 0 Å². The van der Waals surface area contributed by atoms with Gasteiger partial charge in [-0.15, -0.1) is 0 Å². The van der Waals surface area contributed by atoms with E-state index < -0.39 is 0 Å². The zero-order valence-electron chi connectivity index (χ0n) is 10.7. The van der Waals surface area contributed by atoms with E-state index in [0.29, 0.717) is 6.61 Å². The van der Waals surface area contributed by atoms with Crippen molar-refractivity contribution in [2.75, 3.05) is 25.6 Å². The highest BCUT2D eigenvalue weighted by Gasteiger charge is 2.04. The van der Waals surface area contributed by atoms with Crippen LogP contribution >= 0.6 is 15.9 Å². The molecule has 0 unspecified atom stereocenters. The lowest BCUT2D eigenvalue weighted by molar-refractivity contribution is -0.141. The van der Waals surface area contributed by atoms with Gasteiger partial charge < -0.3 is 14.8 Å². The van der Waals surface area contributed by atoms with Crippen LogP contribution in [-0.2, 0) is 9.53 Å². The number of anilines is 1. The van der Waals surface area contributed by atoms with E-state index in [2.05, 4.69) is 28.2 Å². The van der Waals surface area contributed by atoms with Gasteiger partial charge in [0.05, 0.1) is 13.7 Å². The van der Waals surface area contributed by atoms with Gasteiger partial charge in [-0.25, -0.2) is 0 Å². The van der Waals surface area contributed by atoms with Gasteiger partial charge in [-0.2, -0.15) is 0 Å². The minimum absolute atomic E-state index is 0.156. The highest BCUT2D eigenvalue weighted by Crippen LogP contribution is 2.24. The largest absolute Gasteiger partial charge is 0.497 e. The molecule has 1 N–H and O–H groups in total. The molecule has 0 spiro atoms. The molecule has 0 aliphatic carbocycles. The molecular formula is C13H18BrNO3. The van der Waals surface area contributed by atoms with Crippen LogP contribution in [0.25, 0.3) is 0 Å². The number of ether oxygens (including phenoxy) is 2. The molecule has 100 valence electrons. The summed E-state index contributed by atoms with van der Waals surface area (Å²) >= 11 is 3.38. The summed E-state index contributed by atoms with van der Waals surface area (Å²) in [5.74, 6) is 0.480. The fraction of sp³-hybridized carbons (Fsp3) is 0.462. The Hall–Kier alpha value is -1.23. The third kappa shape index (κ3) is 5.40. The van der Waals surface area contributed by atoms with Crippen molar-refractivity contribution >= 4 is 27.6 Å². The third-order valence-corrected chi connectivity index (χ3v) is 2.76. The Morgan fingerprint density at radius 2 is 2.17 bits per heavy atom. The summed E-state index contributed by atoms with van der Waals surface area (Å²) in [6.07, 6.45) is 1.92. The van der Waals surface area contributed by atoms with Crippen molar-refractivity contribution in [3.63, 3.8) is 0 Å². The number of carbonyl (C=O) groups excluding carboxylic acids is 1. The van der Waals surface area contributed by atoms with Crippen LogP contribution < -0.4 is 10.1 Å². The molecule has 0 heterocycles. The number of rotatable bonds is 7. The Bertz CT molecular complexity index is 396. The first-order chi connectivity index (χ1) is 8.65. The van der Waals surface area contributed by atoms with Crippen molar-refractivity contribution in [3.8, 4) is 5.75 Å². The number of methoxy groups -OCH3 is 1. The van der Waals surface area contributed by atoms with Crippen LogP contribution in [0, 0.1) is 0 Å². The molecule has 0 bridgehead atoms. The molecule has 0 atom stereocenters. The van der Waals surface area contributed by atoms with Crippen molar-refractivity contribution in [2.45, 2.75) is 19.8 Å². The topological polar surface area (TPSA) is 47.6 Å². The molecule has 0 aliphatic heterocycles. The van der Waals surface area contributed by atoms with Gasteiger partial charge in [-0.3, -0.25) is 4.79 Å². The third-order valence-electron chi connectivity index (χ3n) is 2.30. The fourth-order valence-corrected chi connectivity index (χ4v) is 1.81. The molecule has 0 aromatic heterocycles. The Labute approximate surface area is 116 Å². The average molecular weight is 316 g/mol. The molecule has 0 saturated heterocycles. The van der Waals surface area contributed by atoms with E-state index in [1.807, 2.05) is 18.2 Å². The van der Waals surface area contributed by atoms with E-state index in [1.54, 1.807) is 7.11 Å². The maximum Gasteiger partial charge on any atom is 0.325 e. The van der Waals surface area contributed by atoms with Crippen LogP contribution in [0.15, 0.2) is 22.7 Å². The SMILES string of the molecule is CCCCOC(=O)CNc1cc(Br)cc(OC)c1. The molecular weight excluding hydrogens is 298 g/mol. The molecule has 0 aliphatic rings. The van der Waals surface area contributed by atoms with E-state index in [4.69, 9.17) is 9.47 Å². The predicted molar refractivity (Wildman–Crippen MR) is 75.1 cm³/mol. The summed E-state index contributed by atoms with van der Waals surface area (Å²) in [4.78, 5) is 11.4. The van der Waals surface area contributed by atoms with Crippen molar-refractivity contribution in [3.05, 3.63) is 22.7 Å². The zero-order chi connectivity index (χ0) is 13.4. The summed E-state index contributed by atoms with van der Waals surface area (Å²) < 4.78 is 11.1. The van der Waals surface area contributed by atoms with Crippen LogP contribution in [-0.4, -0.2) is 26.2 Å². The molecule has 0 radical (unpaired) electrons. The first-order valence-corrected chi connectivity index (χ1v) is 6.69. The van der Waals surface area contributed by atoms with Gasteiger partial charge in [0.25, 0.3) is 0 Å². The Morgan fingerprint density at radius 1 is 1.39 bits per heavy atom. The van der Waals surface area contributed by atoms with Gasteiger partial charge in [0.15, 0.2) is 0 Å².